The molecule has 0 unspecified atom stereocenters. The van der Waals surface area contributed by atoms with Gasteiger partial charge in [-0.3, -0.25) is 9.59 Å². The quantitative estimate of drug-likeness (QED) is 0.921. The maximum absolute atomic E-state index is 12.7. The molecule has 0 bridgehead atoms. The van der Waals surface area contributed by atoms with Crippen molar-refractivity contribution >= 4 is 17.5 Å². The molecule has 3 rings (SSSR count). The minimum absolute atomic E-state index is 0.0587. The second kappa shape index (κ2) is 8.04. The molecule has 0 spiro atoms. The first-order valence-corrected chi connectivity index (χ1v) is 8.97. The number of anilines is 1. The largest absolute Gasteiger partial charge is 0.368 e. The monoisotopic (exact) mass is 351 g/mol. The number of carbonyl (C=O) groups is 2. The lowest BCUT2D eigenvalue weighted by atomic mass is 10.1. The molecule has 1 aliphatic heterocycles. The van der Waals surface area contributed by atoms with Crippen LogP contribution >= 0.6 is 0 Å². The van der Waals surface area contributed by atoms with Crippen LogP contribution in [0.15, 0.2) is 48.5 Å². The van der Waals surface area contributed by atoms with Gasteiger partial charge in [-0.05, 0) is 42.3 Å². The highest BCUT2D eigenvalue weighted by atomic mass is 16.2. The van der Waals surface area contributed by atoms with Gasteiger partial charge in [-0.2, -0.15) is 0 Å². The third-order valence-electron chi connectivity index (χ3n) is 4.68. The smallest absolute Gasteiger partial charge is 0.253 e. The van der Waals surface area contributed by atoms with Crippen LogP contribution in [-0.4, -0.2) is 42.9 Å². The fraction of sp³-hybridized carbons (Fsp3) is 0.333. The molecule has 136 valence electrons. The SMILES string of the molecule is CC(=O)NCc1ccc(C(=O)N2CCN(c3cccc(C)c3)CC2)cc1. The Bertz CT molecular complexity index is 778. The van der Waals surface area contributed by atoms with Crippen molar-refractivity contribution in [3.8, 4) is 0 Å². The summed E-state index contributed by atoms with van der Waals surface area (Å²) in [5.74, 6) is 0.0107. The van der Waals surface area contributed by atoms with Crippen LogP contribution in [0.5, 0.6) is 0 Å². The van der Waals surface area contributed by atoms with Gasteiger partial charge in [0.1, 0.15) is 0 Å². The van der Waals surface area contributed by atoms with Crippen LogP contribution in [0.3, 0.4) is 0 Å². The van der Waals surface area contributed by atoms with E-state index in [9.17, 15) is 9.59 Å². The lowest BCUT2D eigenvalue weighted by molar-refractivity contribution is -0.119. The number of nitrogens with one attached hydrogen (secondary N) is 1. The van der Waals surface area contributed by atoms with Crippen molar-refractivity contribution in [3.63, 3.8) is 0 Å². The van der Waals surface area contributed by atoms with Crippen molar-refractivity contribution in [2.45, 2.75) is 20.4 Å². The molecule has 0 saturated carbocycles. The number of piperazine rings is 1. The summed E-state index contributed by atoms with van der Waals surface area (Å²) in [6.45, 7) is 7.21. The summed E-state index contributed by atoms with van der Waals surface area (Å²) in [5, 5.41) is 2.76. The van der Waals surface area contributed by atoms with E-state index in [1.165, 1.54) is 18.2 Å². The molecule has 1 aliphatic rings. The van der Waals surface area contributed by atoms with Gasteiger partial charge >= 0.3 is 0 Å². The van der Waals surface area contributed by atoms with Gasteiger partial charge in [-0.25, -0.2) is 0 Å². The normalized spacial score (nSPS) is 14.2. The van der Waals surface area contributed by atoms with E-state index in [2.05, 4.69) is 41.4 Å². The number of hydrogen-bond donors (Lipinski definition) is 1. The van der Waals surface area contributed by atoms with E-state index in [0.29, 0.717) is 12.1 Å². The zero-order valence-corrected chi connectivity index (χ0v) is 15.4. The first-order chi connectivity index (χ1) is 12.5. The zero-order chi connectivity index (χ0) is 18.5. The fourth-order valence-electron chi connectivity index (χ4n) is 3.17. The van der Waals surface area contributed by atoms with Crippen LogP contribution < -0.4 is 10.2 Å². The Balaban J connectivity index is 1.57. The Labute approximate surface area is 154 Å². The predicted molar refractivity (Wildman–Crippen MR) is 103 cm³/mol. The van der Waals surface area contributed by atoms with Crippen LogP contribution in [0.25, 0.3) is 0 Å². The average molecular weight is 351 g/mol. The molecule has 1 fully saturated rings. The number of aryl methyl sites for hydroxylation is 1. The van der Waals surface area contributed by atoms with Crippen LogP contribution in [0.2, 0.25) is 0 Å². The molecule has 2 aromatic rings. The molecule has 2 amide bonds. The van der Waals surface area contributed by atoms with Gasteiger partial charge in [0.05, 0.1) is 0 Å². The number of carbonyl (C=O) groups excluding carboxylic acids is 2. The van der Waals surface area contributed by atoms with E-state index >= 15 is 0 Å². The number of rotatable bonds is 4. The summed E-state index contributed by atoms with van der Waals surface area (Å²) in [7, 11) is 0. The first kappa shape index (κ1) is 18.0. The van der Waals surface area contributed by atoms with Gasteiger partial charge in [0.2, 0.25) is 5.91 Å². The van der Waals surface area contributed by atoms with Crippen LogP contribution in [0, 0.1) is 6.92 Å². The lowest BCUT2D eigenvalue weighted by Crippen LogP contribution is -2.48. The number of benzene rings is 2. The highest BCUT2D eigenvalue weighted by molar-refractivity contribution is 5.94. The van der Waals surface area contributed by atoms with Gasteiger partial charge in [0.15, 0.2) is 0 Å². The number of amides is 2. The van der Waals surface area contributed by atoms with E-state index < -0.39 is 0 Å². The molecule has 0 aliphatic carbocycles. The average Bonchev–Trinajstić information content (AvgIpc) is 2.66. The first-order valence-electron chi connectivity index (χ1n) is 8.97. The Morgan fingerprint density at radius 3 is 2.31 bits per heavy atom. The molecule has 26 heavy (non-hydrogen) atoms. The molecule has 1 heterocycles. The van der Waals surface area contributed by atoms with Crippen molar-refractivity contribution in [2.75, 3.05) is 31.1 Å². The summed E-state index contributed by atoms with van der Waals surface area (Å²) in [6, 6.07) is 15.9. The Kier molecular flexibility index (Phi) is 5.56. The predicted octanol–water partition coefficient (Wildman–Crippen LogP) is 2.59. The van der Waals surface area contributed by atoms with Crippen molar-refractivity contribution in [1.29, 1.82) is 0 Å². The van der Waals surface area contributed by atoms with Gasteiger partial charge in [0.25, 0.3) is 5.91 Å². The molecular weight excluding hydrogens is 326 g/mol. The topological polar surface area (TPSA) is 52.7 Å². The third kappa shape index (κ3) is 4.42. The molecule has 1 N–H and O–H groups in total. The second-order valence-electron chi connectivity index (χ2n) is 6.72. The van der Waals surface area contributed by atoms with E-state index in [-0.39, 0.29) is 11.8 Å². The number of hydrogen-bond acceptors (Lipinski definition) is 3. The Hall–Kier alpha value is -2.82. The molecule has 5 nitrogen and oxygen atoms in total. The molecule has 0 atom stereocenters. The number of nitrogens with zero attached hydrogens (tertiary/aromatic N) is 2. The molecule has 5 heteroatoms. The molecule has 0 aromatic heterocycles. The fourth-order valence-corrected chi connectivity index (χ4v) is 3.17. The van der Waals surface area contributed by atoms with Crippen LogP contribution in [-0.2, 0) is 11.3 Å². The van der Waals surface area contributed by atoms with Crippen molar-refractivity contribution < 1.29 is 9.59 Å². The standard InChI is InChI=1S/C21H25N3O2/c1-16-4-3-5-20(14-16)23-10-12-24(13-11-23)21(26)19-8-6-18(7-9-19)15-22-17(2)25/h3-9,14H,10-13,15H2,1-2H3,(H,22,25). The zero-order valence-electron chi connectivity index (χ0n) is 15.4. The summed E-state index contributed by atoms with van der Waals surface area (Å²) >= 11 is 0. The molecule has 1 saturated heterocycles. The van der Waals surface area contributed by atoms with Crippen molar-refractivity contribution in [2.24, 2.45) is 0 Å². The molecule has 0 radical (unpaired) electrons. The van der Waals surface area contributed by atoms with Gasteiger partial charge in [0, 0.05) is 50.9 Å². The van der Waals surface area contributed by atoms with E-state index in [0.717, 1.165) is 31.7 Å². The van der Waals surface area contributed by atoms with Gasteiger partial charge in [-0.15, -0.1) is 0 Å². The maximum atomic E-state index is 12.7. The summed E-state index contributed by atoms with van der Waals surface area (Å²) in [6.07, 6.45) is 0. The Morgan fingerprint density at radius 1 is 1.00 bits per heavy atom. The summed E-state index contributed by atoms with van der Waals surface area (Å²) in [5.41, 5.74) is 4.15. The minimum atomic E-state index is -0.0587. The van der Waals surface area contributed by atoms with Gasteiger partial charge in [-0.1, -0.05) is 24.3 Å². The highest BCUT2D eigenvalue weighted by Gasteiger charge is 2.22. The molecular formula is C21H25N3O2. The lowest BCUT2D eigenvalue weighted by Gasteiger charge is -2.36. The van der Waals surface area contributed by atoms with Crippen molar-refractivity contribution in [1.82, 2.24) is 10.2 Å². The van der Waals surface area contributed by atoms with Crippen molar-refractivity contribution in [3.05, 3.63) is 65.2 Å². The second-order valence-corrected chi connectivity index (χ2v) is 6.72. The van der Waals surface area contributed by atoms with Crippen LogP contribution in [0.4, 0.5) is 5.69 Å². The highest BCUT2D eigenvalue weighted by Crippen LogP contribution is 2.18. The molecule has 2 aromatic carbocycles. The maximum Gasteiger partial charge on any atom is 0.253 e. The van der Waals surface area contributed by atoms with E-state index in [1.54, 1.807) is 0 Å². The third-order valence-corrected chi connectivity index (χ3v) is 4.68. The Morgan fingerprint density at radius 2 is 1.69 bits per heavy atom. The summed E-state index contributed by atoms with van der Waals surface area (Å²) < 4.78 is 0. The van der Waals surface area contributed by atoms with Crippen LogP contribution in [0.1, 0.15) is 28.4 Å². The minimum Gasteiger partial charge on any atom is -0.368 e. The van der Waals surface area contributed by atoms with E-state index in [1.807, 2.05) is 29.2 Å². The van der Waals surface area contributed by atoms with Gasteiger partial charge < -0.3 is 15.1 Å². The van der Waals surface area contributed by atoms with E-state index in [4.69, 9.17) is 0 Å². The summed E-state index contributed by atoms with van der Waals surface area (Å²) in [4.78, 5) is 27.9.